The summed E-state index contributed by atoms with van der Waals surface area (Å²) in [6, 6.07) is 0. The van der Waals surface area contributed by atoms with Crippen molar-refractivity contribution in [2.24, 2.45) is 11.8 Å². The fourth-order valence-corrected chi connectivity index (χ4v) is 2.00. The first kappa shape index (κ1) is 10.4. The Labute approximate surface area is 79.7 Å². The molecule has 0 radical (unpaired) electrons. The normalized spacial score (nSPS) is 28.9. The molecule has 1 saturated carbocycles. The van der Waals surface area contributed by atoms with E-state index in [1.54, 1.807) is 6.92 Å². The van der Waals surface area contributed by atoms with Crippen LogP contribution in [0.2, 0.25) is 0 Å². The second-order valence-electron chi connectivity index (χ2n) is 4.26. The molecule has 0 amide bonds. The van der Waals surface area contributed by atoms with Gasteiger partial charge in [-0.05, 0) is 31.6 Å². The second kappa shape index (κ2) is 4.54. The van der Waals surface area contributed by atoms with Crippen molar-refractivity contribution in [2.45, 2.75) is 46.0 Å². The Morgan fingerprint density at radius 1 is 1.54 bits per heavy atom. The summed E-state index contributed by atoms with van der Waals surface area (Å²) >= 11 is 0. The van der Waals surface area contributed by atoms with Gasteiger partial charge < -0.3 is 4.79 Å². The van der Waals surface area contributed by atoms with Crippen LogP contribution < -0.4 is 0 Å². The zero-order valence-electron chi connectivity index (χ0n) is 8.51. The van der Waals surface area contributed by atoms with E-state index in [1.165, 1.54) is 0 Å². The molecule has 2 unspecified atom stereocenters. The van der Waals surface area contributed by atoms with E-state index >= 15 is 0 Å². The van der Waals surface area contributed by atoms with Gasteiger partial charge in [0.15, 0.2) is 0 Å². The van der Waals surface area contributed by atoms with E-state index in [4.69, 9.17) is 0 Å². The van der Waals surface area contributed by atoms with Crippen LogP contribution in [0.5, 0.6) is 0 Å². The van der Waals surface area contributed by atoms with E-state index in [9.17, 15) is 9.59 Å². The van der Waals surface area contributed by atoms with E-state index in [0.29, 0.717) is 30.5 Å². The average Bonchev–Trinajstić information content (AvgIpc) is 2.06. The molecule has 0 spiro atoms. The third-order valence-electron chi connectivity index (χ3n) is 3.04. The van der Waals surface area contributed by atoms with E-state index in [-0.39, 0.29) is 5.78 Å². The van der Waals surface area contributed by atoms with Crippen LogP contribution in [0.3, 0.4) is 0 Å². The maximum absolute atomic E-state index is 11.2. The summed E-state index contributed by atoms with van der Waals surface area (Å²) in [6.07, 6.45) is 4.01. The minimum Gasteiger partial charge on any atom is -0.300 e. The van der Waals surface area contributed by atoms with Crippen molar-refractivity contribution < 1.29 is 9.59 Å². The molecule has 1 fully saturated rings. The van der Waals surface area contributed by atoms with Crippen LogP contribution in [0.25, 0.3) is 0 Å². The lowest BCUT2D eigenvalue weighted by Gasteiger charge is -2.27. The molecule has 1 rings (SSSR count). The second-order valence-corrected chi connectivity index (χ2v) is 4.26. The van der Waals surface area contributed by atoms with Crippen molar-refractivity contribution in [1.29, 1.82) is 0 Å². The first-order valence-corrected chi connectivity index (χ1v) is 5.10. The molecule has 1 aliphatic carbocycles. The van der Waals surface area contributed by atoms with Crippen LogP contribution in [-0.2, 0) is 9.59 Å². The standard InChI is InChI=1S/C11H18O2/c1-8-3-6-11(13)7-10(8)5-4-9(2)12/h8,10H,3-7H2,1-2H3. The Bertz CT molecular complexity index is 208. The molecule has 0 aromatic heterocycles. The van der Waals surface area contributed by atoms with Crippen LogP contribution in [0, 0.1) is 11.8 Å². The minimum absolute atomic E-state index is 0.241. The van der Waals surface area contributed by atoms with Gasteiger partial charge >= 0.3 is 0 Å². The SMILES string of the molecule is CC(=O)CCC1CC(=O)CCC1C. The van der Waals surface area contributed by atoms with E-state index in [2.05, 4.69) is 6.92 Å². The van der Waals surface area contributed by atoms with Crippen LogP contribution >= 0.6 is 0 Å². The Morgan fingerprint density at radius 2 is 2.23 bits per heavy atom. The van der Waals surface area contributed by atoms with Gasteiger partial charge in [0.2, 0.25) is 0 Å². The highest BCUT2D eigenvalue weighted by Crippen LogP contribution is 2.30. The number of carbonyl (C=O) groups is 2. The first-order chi connectivity index (χ1) is 6.09. The molecule has 0 aliphatic heterocycles. The highest BCUT2D eigenvalue weighted by molar-refractivity contribution is 5.79. The molecule has 0 aromatic carbocycles. The molecule has 0 bridgehead atoms. The Morgan fingerprint density at radius 3 is 2.85 bits per heavy atom. The number of ketones is 2. The van der Waals surface area contributed by atoms with Gasteiger partial charge in [0.25, 0.3) is 0 Å². The minimum atomic E-state index is 0.241. The summed E-state index contributed by atoms with van der Waals surface area (Å²) in [4.78, 5) is 22.0. The topological polar surface area (TPSA) is 34.1 Å². The van der Waals surface area contributed by atoms with Crippen molar-refractivity contribution in [1.82, 2.24) is 0 Å². The molecular weight excluding hydrogens is 164 g/mol. The van der Waals surface area contributed by atoms with Gasteiger partial charge in [-0.15, -0.1) is 0 Å². The Kier molecular flexibility index (Phi) is 3.64. The quantitative estimate of drug-likeness (QED) is 0.671. The van der Waals surface area contributed by atoms with Crippen LogP contribution in [-0.4, -0.2) is 11.6 Å². The van der Waals surface area contributed by atoms with Gasteiger partial charge in [0, 0.05) is 19.3 Å². The fraction of sp³-hybridized carbons (Fsp3) is 0.818. The summed E-state index contributed by atoms with van der Waals surface area (Å²) in [5, 5.41) is 0. The summed E-state index contributed by atoms with van der Waals surface area (Å²) in [5.74, 6) is 1.71. The lowest BCUT2D eigenvalue weighted by atomic mass is 9.77. The number of Topliss-reactive ketones (excluding diaryl/α,β-unsaturated/α-hetero) is 2. The zero-order chi connectivity index (χ0) is 9.84. The fourth-order valence-electron chi connectivity index (χ4n) is 2.00. The maximum Gasteiger partial charge on any atom is 0.133 e. The Hall–Kier alpha value is -0.660. The van der Waals surface area contributed by atoms with Gasteiger partial charge in [-0.2, -0.15) is 0 Å². The van der Waals surface area contributed by atoms with E-state index in [0.717, 1.165) is 19.3 Å². The van der Waals surface area contributed by atoms with E-state index < -0.39 is 0 Å². The van der Waals surface area contributed by atoms with Crippen LogP contribution in [0.4, 0.5) is 0 Å². The molecule has 74 valence electrons. The number of carbonyl (C=O) groups excluding carboxylic acids is 2. The van der Waals surface area contributed by atoms with Crippen molar-refractivity contribution in [3.05, 3.63) is 0 Å². The van der Waals surface area contributed by atoms with Gasteiger partial charge in [-0.1, -0.05) is 6.92 Å². The van der Waals surface area contributed by atoms with Crippen LogP contribution in [0.15, 0.2) is 0 Å². The average molecular weight is 182 g/mol. The van der Waals surface area contributed by atoms with Gasteiger partial charge in [0.1, 0.15) is 11.6 Å². The number of hydrogen-bond acceptors (Lipinski definition) is 2. The third-order valence-corrected chi connectivity index (χ3v) is 3.04. The van der Waals surface area contributed by atoms with Crippen molar-refractivity contribution in [2.75, 3.05) is 0 Å². The largest absolute Gasteiger partial charge is 0.300 e. The monoisotopic (exact) mass is 182 g/mol. The molecule has 0 N–H and O–H groups in total. The van der Waals surface area contributed by atoms with Gasteiger partial charge in [-0.3, -0.25) is 4.79 Å². The predicted octanol–water partition coefficient (Wildman–Crippen LogP) is 2.36. The highest BCUT2D eigenvalue weighted by Gasteiger charge is 2.25. The molecular formula is C11H18O2. The van der Waals surface area contributed by atoms with E-state index in [1.807, 2.05) is 0 Å². The summed E-state index contributed by atoms with van der Waals surface area (Å²) in [7, 11) is 0. The van der Waals surface area contributed by atoms with Crippen molar-refractivity contribution >= 4 is 11.6 Å². The van der Waals surface area contributed by atoms with Crippen molar-refractivity contribution in [3.8, 4) is 0 Å². The first-order valence-electron chi connectivity index (χ1n) is 5.10. The molecule has 2 heteroatoms. The Balaban J connectivity index is 2.37. The van der Waals surface area contributed by atoms with Crippen molar-refractivity contribution in [3.63, 3.8) is 0 Å². The molecule has 1 aliphatic rings. The smallest absolute Gasteiger partial charge is 0.133 e. The molecule has 0 aromatic rings. The highest BCUT2D eigenvalue weighted by atomic mass is 16.1. The molecule has 0 heterocycles. The maximum atomic E-state index is 11.2. The molecule has 2 nitrogen and oxygen atoms in total. The lowest BCUT2D eigenvalue weighted by Crippen LogP contribution is -2.23. The zero-order valence-corrected chi connectivity index (χ0v) is 8.51. The molecule has 13 heavy (non-hydrogen) atoms. The predicted molar refractivity (Wildman–Crippen MR) is 51.4 cm³/mol. The van der Waals surface area contributed by atoms with Crippen LogP contribution in [0.1, 0.15) is 46.0 Å². The third kappa shape index (κ3) is 3.29. The molecule has 2 atom stereocenters. The van der Waals surface area contributed by atoms with Gasteiger partial charge in [-0.25, -0.2) is 0 Å². The number of hydrogen-bond donors (Lipinski definition) is 0. The molecule has 0 saturated heterocycles. The number of rotatable bonds is 3. The summed E-state index contributed by atoms with van der Waals surface area (Å²) < 4.78 is 0. The summed E-state index contributed by atoms with van der Waals surface area (Å²) in [5.41, 5.74) is 0. The van der Waals surface area contributed by atoms with Gasteiger partial charge in [0.05, 0.1) is 0 Å². The summed E-state index contributed by atoms with van der Waals surface area (Å²) in [6.45, 7) is 3.81. The lowest BCUT2D eigenvalue weighted by molar-refractivity contribution is -0.123.